The summed E-state index contributed by atoms with van der Waals surface area (Å²) in [7, 11) is -3.40. The van der Waals surface area contributed by atoms with Crippen LogP contribution < -0.4 is 4.72 Å². The van der Waals surface area contributed by atoms with Crippen LogP contribution in [0.2, 0.25) is 0 Å². The molecule has 5 rings (SSSR count). The summed E-state index contributed by atoms with van der Waals surface area (Å²) >= 11 is 0. The second-order valence-corrected chi connectivity index (χ2v) is 10.7. The summed E-state index contributed by atoms with van der Waals surface area (Å²) in [6, 6.07) is 7.36. The lowest BCUT2D eigenvalue weighted by atomic mass is 9.50. The molecule has 0 spiro atoms. The number of benzene rings is 1. The maximum Gasteiger partial charge on any atom is 0.240 e. The van der Waals surface area contributed by atoms with Crippen LogP contribution in [-0.4, -0.2) is 15.0 Å². The van der Waals surface area contributed by atoms with Gasteiger partial charge in [0.2, 0.25) is 10.0 Å². The van der Waals surface area contributed by atoms with E-state index in [0.29, 0.717) is 17.4 Å². The molecule has 3 nitrogen and oxygen atoms in total. The van der Waals surface area contributed by atoms with Crippen molar-refractivity contribution in [2.75, 3.05) is 6.54 Å². The van der Waals surface area contributed by atoms with Gasteiger partial charge in [0.1, 0.15) is 0 Å². The summed E-state index contributed by atoms with van der Waals surface area (Å²) in [4.78, 5) is 0.400. The van der Waals surface area contributed by atoms with Crippen molar-refractivity contribution in [1.82, 2.24) is 4.72 Å². The number of rotatable bonds is 5. The molecule has 1 aromatic rings. The van der Waals surface area contributed by atoms with Crippen molar-refractivity contribution in [3.05, 3.63) is 29.8 Å². The fourth-order valence-electron chi connectivity index (χ4n) is 5.87. The third kappa shape index (κ3) is 3.03. The topological polar surface area (TPSA) is 46.2 Å². The van der Waals surface area contributed by atoms with E-state index in [4.69, 9.17) is 0 Å². The molecular formula is C20H29NO2S. The second-order valence-electron chi connectivity index (χ2n) is 8.97. The van der Waals surface area contributed by atoms with Crippen molar-refractivity contribution in [3.8, 4) is 0 Å². The molecule has 4 aliphatic carbocycles. The summed E-state index contributed by atoms with van der Waals surface area (Å²) < 4.78 is 28.3. The van der Waals surface area contributed by atoms with Gasteiger partial charge in [-0.2, -0.15) is 0 Å². The molecule has 0 radical (unpaired) electrons. The smallest absolute Gasteiger partial charge is 0.211 e. The maximum absolute atomic E-state index is 12.7. The van der Waals surface area contributed by atoms with Crippen molar-refractivity contribution in [2.24, 2.45) is 23.2 Å². The molecule has 0 aliphatic heterocycles. The molecule has 4 bridgehead atoms. The van der Waals surface area contributed by atoms with Gasteiger partial charge in [0.25, 0.3) is 0 Å². The first kappa shape index (κ1) is 16.6. The van der Waals surface area contributed by atoms with Crippen LogP contribution in [0.4, 0.5) is 0 Å². The lowest BCUT2D eigenvalue weighted by Crippen LogP contribution is -2.51. The van der Waals surface area contributed by atoms with Gasteiger partial charge >= 0.3 is 0 Å². The zero-order valence-corrected chi connectivity index (χ0v) is 15.6. The molecule has 0 amide bonds. The Hall–Kier alpha value is -0.870. The molecule has 4 heteroatoms. The fraction of sp³-hybridized carbons (Fsp3) is 0.700. The highest BCUT2D eigenvalue weighted by Crippen LogP contribution is 2.59. The Morgan fingerprint density at radius 3 is 1.96 bits per heavy atom. The minimum atomic E-state index is -3.40. The molecule has 132 valence electrons. The first-order chi connectivity index (χ1) is 11.4. The molecule has 4 fully saturated rings. The summed E-state index contributed by atoms with van der Waals surface area (Å²) in [5, 5.41) is 0. The average molecular weight is 348 g/mol. The minimum absolute atomic E-state index is 0.236. The molecular weight excluding hydrogens is 318 g/mol. The van der Waals surface area contributed by atoms with E-state index in [2.05, 4.69) is 18.6 Å². The third-order valence-electron chi connectivity index (χ3n) is 6.66. The molecule has 0 heterocycles. The largest absolute Gasteiger partial charge is 0.240 e. The highest BCUT2D eigenvalue weighted by atomic mass is 32.2. The lowest BCUT2D eigenvalue weighted by molar-refractivity contribution is -0.0487. The van der Waals surface area contributed by atoms with Crippen LogP contribution in [0.5, 0.6) is 0 Å². The highest BCUT2D eigenvalue weighted by molar-refractivity contribution is 7.89. The summed E-state index contributed by atoms with van der Waals surface area (Å²) in [6.07, 6.45) is 7.86. The van der Waals surface area contributed by atoms with Crippen LogP contribution in [0, 0.1) is 23.2 Å². The SMILES string of the molecule is CC(C)c1ccc(S(=O)(=O)NCC23CC4CC(CC(C4)C2)C3)cc1. The quantitative estimate of drug-likeness (QED) is 0.863. The van der Waals surface area contributed by atoms with E-state index in [1.807, 2.05) is 12.1 Å². The predicted octanol–water partition coefficient (Wildman–Crippen LogP) is 4.30. The Bertz CT molecular complexity index is 670. The zero-order chi connectivity index (χ0) is 16.9. The van der Waals surface area contributed by atoms with Crippen LogP contribution in [0.25, 0.3) is 0 Å². The minimum Gasteiger partial charge on any atom is -0.211 e. The van der Waals surface area contributed by atoms with Crippen LogP contribution in [0.3, 0.4) is 0 Å². The standard InChI is InChI=1S/C20H29NO2S/c1-14(2)18-3-5-19(6-4-18)24(22,23)21-13-20-10-15-7-16(11-20)9-17(8-15)12-20/h3-6,14-17,21H,7-13H2,1-2H3. The van der Waals surface area contributed by atoms with Crippen molar-refractivity contribution >= 4 is 10.0 Å². The van der Waals surface area contributed by atoms with Crippen LogP contribution >= 0.6 is 0 Å². The number of sulfonamides is 1. The fourth-order valence-corrected chi connectivity index (χ4v) is 7.03. The normalized spacial score (nSPS) is 34.9. The first-order valence-corrected chi connectivity index (χ1v) is 10.9. The van der Waals surface area contributed by atoms with Gasteiger partial charge in [0.05, 0.1) is 4.90 Å². The molecule has 0 unspecified atom stereocenters. The zero-order valence-electron chi connectivity index (χ0n) is 14.8. The summed E-state index contributed by atoms with van der Waals surface area (Å²) in [6.45, 7) is 4.87. The van der Waals surface area contributed by atoms with Crippen LogP contribution in [0.1, 0.15) is 63.9 Å². The van der Waals surface area contributed by atoms with Gasteiger partial charge in [-0.3, -0.25) is 0 Å². The lowest BCUT2D eigenvalue weighted by Gasteiger charge is -2.56. The highest BCUT2D eigenvalue weighted by Gasteiger charge is 2.50. The number of hydrogen-bond donors (Lipinski definition) is 1. The van der Waals surface area contributed by atoms with Crippen LogP contribution in [0.15, 0.2) is 29.2 Å². The molecule has 24 heavy (non-hydrogen) atoms. The molecule has 1 N–H and O–H groups in total. The van der Waals surface area contributed by atoms with E-state index in [1.165, 1.54) is 44.1 Å². The van der Waals surface area contributed by atoms with E-state index < -0.39 is 10.0 Å². The van der Waals surface area contributed by atoms with E-state index in [1.54, 1.807) is 12.1 Å². The van der Waals surface area contributed by atoms with E-state index in [0.717, 1.165) is 17.8 Å². The Morgan fingerprint density at radius 1 is 1.00 bits per heavy atom. The van der Waals surface area contributed by atoms with Gasteiger partial charge in [0.15, 0.2) is 0 Å². The first-order valence-electron chi connectivity index (χ1n) is 9.45. The van der Waals surface area contributed by atoms with Gasteiger partial charge in [-0.1, -0.05) is 26.0 Å². The Morgan fingerprint density at radius 2 is 1.50 bits per heavy atom. The molecule has 0 aromatic heterocycles. The molecule has 0 atom stereocenters. The van der Waals surface area contributed by atoms with Gasteiger partial charge < -0.3 is 0 Å². The Balaban J connectivity index is 1.46. The summed E-state index contributed by atoms with van der Waals surface area (Å²) in [5.41, 5.74) is 1.41. The van der Waals surface area contributed by atoms with Crippen molar-refractivity contribution in [2.45, 2.75) is 63.2 Å². The maximum atomic E-state index is 12.7. The molecule has 4 saturated carbocycles. The van der Waals surface area contributed by atoms with E-state index >= 15 is 0 Å². The van der Waals surface area contributed by atoms with Crippen LogP contribution in [-0.2, 0) is 10.0 Å². The monoisotopic (exact) mass is 347 g/mol. The second kappa shape index (κ2) is 5.84. The predicted molar refractivity (Wildman–Crippen MR) is 96.3 cm³/mol. The third-order valence-corrected chi connectivity index (χ3v) is 8.08. The Kier molecular flexibility index (Phi) is 4.04. The van der Waals surface area contributed by atoms with Gasteiger partial charge in [-0.15, -0.1) is 0 Å². The van der Waals surface area contributed by atoms with Gasteiger partial charge in [0, 0.05) is 6.54 Å². The summed E-state index contributed by atoms with van der Waals surface area (Å²) in [5.74, 6) is 2.98. The molecule has 0 saturated heterocycles. The van der Waals surface area contributed by atoms with Crippen molar-refractivity contribution < 1.29 is 8.42 Å². The number of nitrogens with one attached hydrogen (secondary N) is 1. The average Bonchev–Trinajstić information content (AvgIpc) is 2.52. The molecule has 4 aliphatic rings. The Labute approximate surface area is 146 Å². The van der Waals surface area contributed by atoms with E-state index in [-0.39, 0.29) is 5.41 Å². The van der Waals surface area contributed by atoms with Gasteiger partial charge in [-0.05, 0) is 85.3 Å². The number of hydrogen-bond acceptors (Lipinski definition) is 2. The van der Waals surface area contributed by atoms with Gasteiger partial charge in [-0.25, -0.2) is 13.1 Å². The van der Waals surface area contributed by atoms with E-state index in [9.17, 15) is 8.42 Å². The van der Waals surface area contributed by atoms with Crippen molar-refractivity contribution in [1.29, 1.82) is 0 Å². The molecule has 1 aromatic carbocycles. The van der Waals surface area contributed by atoms with Crippen molar-refractivity contribution in [3.63, 3.8) is 0 Å².